The standard InChI is InChI=1S/C23H20Br4N2O5/c1-9(2)20(23(33)34-8-13(30)28-12-6-5-10(3)7-11(12)4)29-21(31)14-15(22(29)32)17(25)19(27)18(26)16(14)24/h5-7,9,20H,8H2,1-4H3,(H,28,30)/t20-/m0/s1. The van der Waals surface area contributed by atoms with Crippen LogP contribution in [-0.4, -0.2) is 41.2 Å². The molecule has 1 atom stereocenters. The third-order valence-electron chi connectivity index (χ3n) is 5.29. The molecule has 1 heterocycles. The van der Waals surface area contributed by atoms with Gasteiger partial charge in [0, 0.05) is 23.6 Å². The molecule has 0 radical (unpaired) electrons. The summed E-state index contributed by atoms with van der Waals surface area (Å²) < 4.78 is 7.12. The number of halogens is 4. The SMILES string of the molecule is Cc1ccc(NC(=O)COC(=O)[C@H](C(C)C)N2C(=O)c3c(Br)c(Br)c(Br)c(Br)c3C2=O)c(C)c1. The smallest absolute Gasteiger partial charge is 0.330 e. The van der Waals surface area contributed by atoms with E-state index in [-0.39, 0.29) is 11.1 Å². The molecule has 0 aliphatic carbocycles. The second-order valence-electron chi connectivity index (χ2n) is 8.15. The number of fused-ring (bicyclic) bond motifs is 1. The van der Waals surface area contributed by atoms with Gasteiger partial charge in [0.1, 0.15) is 6.04 Å². The lowest BCUT2D eigenvalue weighted by molar-refractivity contribution is -0.152. The monoisotopic (exact) mass is 720 g/mol. The summed E-state index contributed by atoms with van der Waals surface area (Å²) in [5.74, 6) is -3.08. The third kappa shape index (κ3) is 5.03. The van der Waals surface area contributed by atoms with Crippen molar-refractivity contribution in [2.75, 3.05) is 11.9 Å². The zero-order valence-electron chi connectivity index (χ0n) is 18.6. The number of esters is 1. The number of nitrogens with one attached hydrogen (secondary N) is 1. The number of benzene rings is 2. The summed E-state index contributed by atoms with van der Waals surface area (Å²) in [7, 11) is 0. The normalized spacial score (nSPS) is 13.9. The number of rotatable bonds is 6. The maximum absolute atomic E-state index is 13.3. The fourth-order valence-electron chi connectivity index (χ4n) is 3.66. The molecule has 0 fully saturated rings. The van der Waals surface area contributed by atoms with Crippen molar-refractivity contribution in [3.8, 4) is 0 Å². The second kappa shape index (κ2) is 10.6. The van der Waals surface area contributed by atoms with Crippen LogP contribution in [0.4, 0.5) is 5.69 Å². The molecule has 2 aromatic carbocycles. The lowest BCUT2D eigenvalue weighted by atomic mass is 10.0. The minimum Gasteiger partial charge on any atom is -0.454 e. The Bertz CT molecular complexity index is 1180. The number of imide groups is 1. The van der Waals surface area contributed by atoms with Gasteiger partial charge in [-0.15, -0.1) is 0 Å². The maximum Gasteiger partial charge on any atom is 0.330 e. The van der Waals surface area contributed by atoms with Crippen molar-refractivity contribution in [3.05, 3.63) is 58.3 Å². The summed E-state index contributed by atoms with van der Waals surface area (Å²) in [6.07, 6.45) is 0. The zero-order chi connectivity index (χ0) is 25.5. The number of hydrogen-bond acceptors (Lipinski definition) is 5. The van der Waals surface area contributed by atoms with Crippen molar-refractivity contribution in [2.24, 2.45) is 5.92 Å². The first kappa shape index (κ1) is 27.0. The van der Waals surface area contributed by atoms with Crippen molar-refractivity contribution in [3.63, 3.8) is 0 Å². The van der Waals surface area contributed by atoms with Crippen LogP contribution in [0.25, 0.3) is 0 Å². The molecule has 0 aromatic heterocycles. The van der Waals surface area contributed by atoms with Gasteiger partial charge in [-0.05, 0) is 95.1 Å². The molecule has 180 valence electrons. The highest BCUT2D eigenvalue weighted by Crippen LogP contribution is 2.46. The summed E-state index contributed by atoms with van der Waals surface area (Å²) in [5, 5.41) is 2.70. The van der Waals surface area contributed by atoms with E-state index in [4.69, 9.17) is 4.74 Å². The van der Waals surface area contributed by atoms with E-state index in [1.165, 1.54) is 0 Å². The summed E-state index contributed by atoms with van der Waals surface area (Å²) >= 11 is 13.5. The molecule has 0 bridgehead atoms. The fourth-order valence-corrected chi connectivity index (χ4v) is 6.11. The van der Waals surface area contributed by atoms with Gasteiger partial charge in [-0.3, -0.25) is 19.3 Å². The van der Waals surface area contributed by atoms with Gasteiger partial charge in [-0.1, -0.05) is 31.5 Å². The summed E-state index contributed by atoms with van der Waals surface area (Å²) in [6.45, 7) is 6.64. The molecular formula is C23H20Br4N2O5. The lowest BCUT2D eigenvalue weighted by Crippen LogP contribution is -2.49. The molecule has 1 aliphatic rings. The minimum atomic E-state index is -1.21. The van der Waals surface area contributed by atoms with E-state index in [1.54, 1.807) is 19.9 Å². The minimum absolute atomic E-state index is 0.137. The Balaban J connectivity index is 1.81. The molecule has 3 amide bonds. The van der Waals surface area contributed by atoms with Gasteiger partial charge in [-0.2, -0.15) is 0 Å². The first-order chi connectivity index (χ1) is 15.9. The average Bonchev–Trinajstić information content (AvgIpc) is 3.02. The van der Waals surface area contributed by atoms with Gasteiger partial charge in [0.25, 0.3) is 17.7 Å². The number of aryl methyl sites for hydroxylation is 2. The Morgan fingerprint density at radius 3 is 1.94 bits per heavy atom. The lowest BCUT2D eigenvalue weighted by Gasteiger charge is -2.27. The van der Waals surface area contributed by atoms with Crippen molar-refractivity contribution in [1.29, 1.82) is 0 Å². The molecule has 0 saturated carbocycles. The molecule has 11 heteroatoms. The highest BCUT2D eigenvalue weighted by molar-refractivity contribution is 9.15. The van der Waals surface area contributed by atoms with E-state index in [0.29, 0.717) is 23.6 Å². The zero-order valence-corrected chi connectivity index (χ0v) is 24.9. The Morgan fingerprint density at radius 2 is 1.47 bits per heavy atom. The molecule has 0 saturated heterocycles. The maximum atomic E-state index is 13.3. The number of amides is 3. The van der Waals surface area contributed by atoms with Crippen LogP contribution in [0.5, 0.6) is 0 Å². The molecule has 0 spiro atoms. The van der Waals surface area contributed by atoms with E-state index in [2.05, 4.69) is 69.0 Å². The number of ether oxygens (including phenoxy) is 1. The van der Waals surface area contributed by atoms with E-state index < -0.39 is 42.3 Å². The predicted molar refractivity (Wildman–Crippen MR) is 142 cm³/mol. The van der Waals surface area contributed by atoms with Crippen molar-refractivity contribution >= 4 is 93.1 Å². The van der Waals surface area contributed by atoms with Gasteiger partial charge in [0.05, 0.1) is 11.1 Å². The largest absolute Gasteiger partial charge is 0.454 e. The van der Waals surface area contributed by atoms with Crippen molar-refractivity contribution < 1.29 is 23.9 Å². The molecule has 2 aromatic rings. The predicted octanol–water partition coefficient (Wildman–Crippen LogP) is 6.16. The van der Waals surface area contributed by atoms with Crippen LogP contribution in [0.3, 0.4) is 0 Å². The average molecular weight is 724 g/mol. The Labute approximate surface area is 230 Å². The Hall–Kier alpha value is -1.56. The summed E-state index contributed by atoms with van der Waals surface area (Å²) in [5.41, 5.74) is 2.81. The van der Waals surface area contributed by atoms with Crippen LogP contribution in [0.2, 0.25) is 0 Å². The molecule has 1 aliphatic heterocycles. The topological polar surface area (TPSA) is 92.8 Å². The first-order valence-electron chi connectivity index (χ1n) is 10.1. The number of anilines is 1. The fraction of sp³-hybridized carbons (Fsp3) is 0.304. The van der Waals surface area contributed by atoms with Gasteiger partial charge in [0.2, 0.25) is 0 Å². The van der Waals surface area contributed by atoms with E-state index in [1.807, 2.05) is 26.0 Å². The van der Waals surface area contributed by atoms with Gasteiger partial charge >= 0.3 is 5.97 Å². The molecule has 1 N–H and O–H groups in total. The second-order valence-corrected chi connectivity index (χ2v) is 11.3. The van der Waals surface area contributed by atoms with Crippen molar-refractivity contribution in [2.45, 2.75) is 33.7 Å². The first-order valence-corrected chi connectivity index (χ1v) is 13.3. The molecule has 34 heavy (non-hydrogen) atoms. The number of hydrogen-bond donors (Lipinski definition) is 1. The molecule has 7 nitrogen and oxygen atoms in total. The van der Waals surface area contributed by atoms with Crippen molar-refractivity contribution in [1.82, 2.24) is 4.90 Å². The summed E-state index contributed by atoms with van der Waals surface area (Å²) in [4.78, 5) is 52.8. The quantitative estimate of drug-likeness (QED) is 0.167. The van der Waals surface area contributed by atoms with Gasteiger partial charge in [0.15, 0.2) is 6.61 Å². The molecule has 3 rings (SSSR count). The van der Waals surface area contributed by atoms with E-state index >= 15 is 0 Å². The van der Waals surface area contributed by atoms with Crippen LogP contribution in [0.1, 0.15) is 45.7 Å². The molecular weight excluding hydrogens is 704 g/mol. The van der Waals surface area contributed by atoms with Crippen LogP contribution in [0, 0.1) is 19.8 Å². The van der Waals surface area contributed by atoms with Crippen LogP contribution < -0.4 is 5.32 Å². The van der Waals surface area contributed by atoms with Crippen LogP contribution in [0.15, 0.2) is 36.1 Å². The third-order valence-corrected chi connectivity index (χ3v) is 10.1. The highest BCUT2D eigenvalue weighted by Gasteiger charge is 2.47. The van der Waals surface area contributed by atoms with Gasteiger partial charge in [-0.25, -0.2) is 4.79 Å². The Kier molecular flexibility index (Phi) is 8.42. The van der Waals surface area contributed by atoms with E-state index in [0.717, 1.165) is 16.0 Å². The Morgan fingerprint density at radius 1 is 0.941 bits per heavy atom. The van der Waals surface area contributed by atoms with E-state index in [9.17, 15) is 19.2 Å². The highest BCUT2D eigenvalue weighted by atomic mass is 79.9. The van der Waals surface area contributed by atoms with Gasteiger partial charge < -0.3 is 10.1 Å². The number of carbonyl (C=O) groups is 4. The number of carbonyl (C=O) groups excluding carboxylic acids is 4. The number of nitrogens with zero attached hydrogens (tertiary/aromatic N) is 1. The summed E-state index contributed by atoms with van der Waals surface area (Å²) in [6, 6.07) is 4.34. The molecule has 0 unspecified atom stereocenters. The van der Waals surface area contributed by atoms with Crippen LogP contribution >= 0.6 is 63.7 Å². The van der Waals surface area contributed by atoms with Crippen LogP contribution in [-0.2, 0) is 14.3 Å².